The highest BCUT2D eigenvalue weighted by molar-refractivity contribution is 5.29. The van der Waals surface area contributed by atoms with E-state index in [0.717, 1.165) is 52.4 Å². The van der Waals surface area contributed by atoms with E-state index in [-0.39, 0.29) is 24.2 Å². The van der Waals surface area contributed by atoms with Crippen molar-refractivity contribution in [2.75, 3.05) is 26.2 Å². The van der Waals surface area contributed by atoms with Gasteiger partial charge in [0.15, 0.2) is 0 Å². The first-order valence-electron chi connectivity index (χ1n) is 23.0. The fraction of sp³-hybridized carbons (Fsp3) is 0.200. The van der Waals surface area contributed by atoms with Gasteiger partial charge >= 0.3 is 0 Å². The zero-order valence-corrected chi connectivity index (χ0v) is 36.8. The molecule has 4 nitrogen and oxygen atoms in total. The number of rotatable bonds is 12. The predicted molar refractivity (Wildman–Crippen MR) is 264 cm³/mol. The average Bonchev–Trinajstić information content (AvgIpc) is 3.36. The summed E-state index contributed by atoms with van der Waals surface area (Å²) < 4.78 is 0. The molecule has 0 amide bonds. The van der Waals surface area contributed by atoms with E-state index in [1.54, 1.807) is 0 Å². The van der Waals surface area contributed by atoms with E-state index in [2.05, 4.69) is 262 Å². The number of benzene rings is 8. The third-order valence-electron chi connectivity index (χ3n) is 13.0. The van der Waals surface area contributed by atoms with Crippen molar-refractivity contribution in [3.63, 3.8) is 0 Å². The van der Waals surface area contributed by atoms with Gasteiger partial charge in [-0.3, -0.25) is 19.6 Å². The first kappa shape index (κ1) is 42.9. The fourth-order valence-corrected chi connectivity index (χ4v) is 9.80. The van der Waals surface area contributed by atoms with E-state index in [9.17, 15) is 0 Å². The Morgan fingerprint density at radius 3 is 0.547 bits per heavy atom. The Kier molecular flexibility index (Phi) is 14.6. The van der Waals surface area contributed by atoms with Gasteiger partial charge in [-0.05, 0) is 44.5 Å². The molecule has 1 fully saturated rings. The first-order chi connectivity index (χ1) is 31.7. The molecule has 4 unspecified atom stereocenters. The molecule has 0 radical (unpaired) electrons. The van der Waals surface area contributed by atoms with Crippen molar-refractivity contribution in [3.05, 3.63) is 287 Å². The largest absolute Gasteiger partial charge is 0.289 e. The number of nitrogens with zero attached hydrogens (tertiary/aromatic N) is 4. The molecule has 9 rings (SSSR count). The lowest BCUT2D eigenvalue weighted by Crippen LogP contribution is -2.49. The molecule has 0 N–H and O–H groups in total. The van der Waals surface area contributed by atoms with Crippen molar-refractivity contribution in [1.82, 2.24) is 19.6 Å². The van der Waals surface area contributed by atoms with Crippen LogP contribution in [0.1, 0.15) is 68.7 Å². The van der Waals surface area contributed by atoms with Crippen LogP contribution in [0.25, 0.3) is 0 Å². The minimum Gasteiger partial charge on any atom is -0.289 e. The van der Waals surface area contributed by atoms with Crippen LogP contribution < -0.4 is 0 Å². The lowest BCUT2D eigenvalue weighted by atomic mass is 9.94. The summed E-state index contributed by atoms with van der Waals surface area (Å²) in [6.45, 7) is 6.62. The molecule has 8 aromatic rings. The Morgan fingerprint density at radius 1 is 0.219 bits per heavy atom. The Balaban J connectivity index is 1.29. The second-order valence-electron chi connectivity index (χ2n) is 17.4. The molecule has 0 aromatic heterocycles. The van der Waals surface area contributed by atoms with Gasteiger partial charge in [0, 0.05) is 76.5 Å². The van der Waals surface area contributed by atoms with Gasteiger partial charge in [0.1, 0.15) is 0 Å². The van der Waals surface area contributed by atoms with Crippen molar-refractivity contribution < 1.29 is 0 Å². The zero-order chi connectivity index (χ0) is 43.2. The van der Waals surface area contributed by atoms with Gasteiger partial charge in [0.25, 0.3) is 0 Å². The van der Waals surface area contributed by atoms with Crippen molar-refractivity contribution in [2.24, 2.45) is 0 Å². The van der Waals surface area contributed by atoms with Gasteiger partial charge in [-0.15, -0.1) is 0 Å². The zero-order valence-electron chi connectivity index (χ0n) is 36.8. The maximum Gasteiger partial charge on any atom is 0.0479 e. The molecule has 1 aliphatic rings. The van der Waals surface area contributed by atoms with Gasteiger partial charge in [0.05, 0.1) is 0 Å². The second kappa shape index (κ2) is 21.8. The van der Waals surface area contributed by atoms with Crippen LogP contribution in [-0.4, -0.2) is 45.8 Å². The third kappa shape index (κ3) is 11.2. The number of hydrogen-bond donors (Lipinski definition) is 0. The summed E-state index contributed by atoms with van der Waals surface area (Å²) in [6.07, 6.45) is 0. The molecule has 320 valence electrons. The van der Waals surface area contributed by atoms with Crippen LogP contribution in [0, 0.1) is 0 Å². The highest BCUT2D eigenvalue weighted by Gasteiger charge is 2.37. The molecule has 1 saturated heterocycles. The van der Waals surface area contributed by atoms with E-state index >= 15 is 0 Å². The minimum atomic E-state index is 0.0769. The highest BCUT2D eigenvalue weighted by atomic mass is 15.3. The summed E-state index contributed by atoms with van der Waals surface area (Å²) in [6, 6.07) is 90.2. The van der Waals surface area contributed by atoms with Crippen LogP contribution in [0.4, 0.5) is 0 Å². The van der Waals surface area contributed by atoms with Gasteiger partial charge in [-0.25, -0.2) is 0 Å². The molecular formula is C60H60N4. The van der Waals surface area contributed by atoms with Crippen LogP contribution in [0.3, 0.4) is 0 Å². The first-order valence-corrected chi connectivity index (χ1v) is 23.0. The summed E-state index contributed by atoms with van der Waals surface area (Å²) in [5.74, 6) is 0. The van der Waals surface area contributed by atoms with Crippen molar-refractivity contribution >= 4 is 0 Å². The predicted octanol–water partition coefficient (Wildman–Crippen LogP) is 13.0. The molecule has 64 heavy (non-hydrogen) atoms. The summed E-state index contributed by atoms with van der Waals surface area (Å²) in [7, 11) is 0. The van der Waals surface area contributed by atoms with Crippen molar-refractivity contribution in [1.29, 1.82) is 0 Å². The monoisotopic (exact) mass is 836 g/mol. The molecule has 1 aliphatic heterocycles. The van der Waals surface area contributed by atoms with Crippen LogP contribution in [0.15, 0.2) is 243 Å². The average molecular weight is 837 g/mol. The molecule has 0 aliphatic carbocycles. The normalized spacial score (nSPS) is 19.6. The summed E-state index contributed by atoms with van der Waals surface area (Å²) in [4.78, 5) is 11.2. The molecule has 1 heterocycles. The molecule has 4 atom stereocenters. The van der Waals surface area contributed by atoms with Gasteiger partial charge < -0.3 is 0 Å². The van der Waals surface area contributed by atoms with Crippen LogP contribution >= 0.6 is 0 Å². The summed E-state index contributed by atoms with van der Waals surface area (Å²) in [5, 5.41) is 0. The molecule has 0 bridgehead atoms. The SMILES string of the molecule is c1ccc(CN2CC(c3ccccc3)N(Cc3ccccc3)CC(c3ccccc3)N(Cc3ccccc3)CC(c3ccccc3)N(Cc3ccccc3)CC2c2ccccc2)cc1. The van der Waals surface area contributed by atoms with Crippen molar-refractivity contribution in [2.45, 2.75) is 50.3 Å². The quantitative estimate of drug-likeness (QED) is 0.122. The van der Waals surface area contributed by atoms with E-state index in [1.807, 2.05) is 0 Å². The summed E-state index contributed by atoms with van der Waals surface area (Å²) in [5.41, 5.74) is 10.6. The van der Waals surface area contributed by atoms with Gasteiger partial charge in [-0.2, -0.15) is 0 Å². The fourth-order valence-electron chi connectivity index (χ4n) is 9.80. The second-order valence-corrected chi connectivity index (χ2v) is 17.4. The van der Waals surface area contributed by atoms with Crippen LogP contribution in [-0.2, 0) is 26.2 Å². The van der Waals surface area contributed by atoms with E-state index in [0.29, 0.717) is 0 Å². The Labute approximate surface area is 381 Å². The minimum absolute atomic E-state index is 0.0769. The highest BCUT2D eigenvalue weighted by Crippen LogP contribution is 2.38. The third-order valence-corrected chi connectivity index (χ3v) is 13.0. The smallest absolute Gasteiger partial charge is 0.0479 e. The molecule has 0 spiro atoms. The molecule has 4 heteroatoms. The Morgan fingerprint density at radius 2 is 0.375 bits per heavy atom. The maximum atomic E-state index is 2.81. The van der Waals surface area contributed by atoms with Crippen molar-refractivity contribution in [3.8, 4) is 0 Å². The number of hydrogen-bond acceptors (Lipinski definition) is 4. The van der Waals surface area contributed by atoms with Gasteiger partial charge in [-0.1, -0.05) is 243 Å². The van der Waals surface area contributed by atoms with Crippen LogP contribution in [0.2, 0.25) is 0 Å². The molecular weight excluding hydrogens is 777 g/mol. The standard InChI is InChI=1S/C60H60N4/c1-9-25-49(26-10-1)41-61-45-58(54-35-19-6-20-36-54)63(43-51-29-13-3-14-30-51)47-60(56-39-23-8-24-40-56)64(44-52-31-15-4-16-32-52)48-59(55-37-21-7-22-38-55)62(42-50-27-11-2-12-28-50)46-57(61)53-33-17-5-18-34-53/h1-40,57-60H,41-48H2. The maximum absolute atomic E-state index is 2.81. The van der Waals surface area contributed by atoms with E-state index in [4.69, 9.17) is 0 Å². The molecule has 0 saturated carbocycles. The van der Waals surface area contributed by atoms with E-state index in [1.165, 1.54) is 44.5 Å². The lowest BCUT2D eigenvalue weighted by Gasteiger charge is -2.47. The Hall–Kier alpha value is -6.40. The lowest BCUT2D eigenvalue weighted by molar-refractivity contribution is 0.0159. The molecule has 8 aromatic carbocycles. The van der Waals surface area contributed by atoms with Crippen LogP contribution in [0.5, 0.6) is 0 Å². The van der Waals surface area contributed by atoms with Gasteiger partial charge in [0.2, 0.25) is 0 Å². The summed E-state index contributed by atoms with van der Waals surface area (Å²) >= 11 is 0. The van der Waals surface area contributed by atoms with E-state index < -0.39 is 0 Å². The Bertz CT molecular complexity index is 2160. The topological polar surface area (TPSA) is 13.0 Å².